The minimum absolute atomic E-state index is 1.13. The van der Waals surface area contributed by atoms with E-state index in [-0.39, 0.29) is 0 Å². The molecule has 94 valence electrons. The van der Waals surface area contributed by atoms with Crippen molar-refractivity contribution >= 4 is 0 Å². The lowest BCUT2D eigenvalue weighted by Crippen LogP contribution is -1.97. The SMILES string of the molecule is Cc1ccc(-n2cc(-c3ccccc3)cn2)c(C)c1. The molecule has 0 fully saturated rings. The predicted octanol–water partition coefficient (Wildman–Crippen LogP) is 4.16. The Morgan fingerprint density at radius 2 is 1.68 bits per heavy atom. The fourth-order valence-electron chi connectivity index (χ4n) is 2.30. The van der Waals surface area contributed by atoms with Crippen LogP contribution in [-0.4, -0.2) is 9.78 Å². The highest BCUT2D eigenvalue weighted by molar-refractivity contribution is 5.62. The van der Waals surface area contributed by atoms with Crippen molar-refractivity contribution in [2.24, 2.45) is 0 Å². The Balaban J connectivity index is 2.02. The summed E-state index contributed by atoms with van der Waals surface area (Å²) in [5.74, 6) is 0. The molecule has 19 heavy (non-hydrogen) atoms. The van der Waals surface area contributed by atoms with E-state index in [2.05, 4.69) is 55.5 Å². The second kappa shape index (κ2) is 4.73. The average Bonchev–Trinajstić information content (AvgIpc) is 2.89. The zero-order chi connectivity index (χ0) is 13.2. The van der Waals surface area contributed by atoms with Crippen LogP contribution in [0.3, 0.4) is 0 Å². The molecule has 0 radical (unpaired) electrons. The van der Waals surface area contributed by atoms with E-state index in [1.54, 1.807) is 0 Å². The minimum atomic E-state index is 1.13. The molecule has 0 amide bonds. The molecule has 0 aliphatic rings. The molecular formula is C17H16N2. The summed E-state index contributed by atoms with van der Waals surface area (Å²) in [7, 11) is 0. The lowest BCUT2D eigenvalue weighted by Gasteiger charge is -2.06. The van der Waals surface area contributed by atoms with Crippen LogP contribution in [0.5, 0.6) is 0 Å². The summed E-state index contributed by atoms with van der Waals surface area (Å²) in [5, 5.41) is 4.47. The van der Waals surface area contributed by atoms with Gasteiger partial charge in [-0.1, -0.05) is 48.0 Å². The molecular weight excluding hydrogens is 232 g/mol. The summed E-state index contributed by atoms with van der Waals surface area (Å²) in [6.45, 7) is 4.22. The van der Waals surface area contributed by atoms with E-state index in [9.17, 15) is 0 Å². The third-order valence-corrected chi connectivity index (χ3v) is 3.29. The molecule has 0 saturated carbocycles. The lowest BCUT2D eigenvalue weighted by atomic mass is 10.1. The molecule has 1 heterocycles. The number of benzene rings is 2. The van der Waals surface area contributed by atoms with Crippen molar-refractivity contribution in [1.82, 2.24) is 9.78 Å². The van der Waals surface area contributed by atoms with Crippen LogP contribution in [0, 0.1) is 13.8 Å². The van der Waals surface area contributed by atoms with Crippen molar-refractivity contribution in [2.75, 3.05) is 0 Å². The van der Waals surface area contributed by atoms with Crippen molar-refractivity contribution in [1.29, 1.82) is 0 Å². The van der Waals surface area contributed by atoms with Crippen LogP contribution in [0.4, 0.5) is 0 Å². The zero-order valence-electron chi connectivity index (χ0n) is 11.2. The maximum Gasteiger partial charge on any atom is 0.0675 e. The van der Waals surface area contributed by atoms with Gasteiger partial charge in [-0.15, -0.1) is 0 Å². The van der Waals surface area contributed by atoms with Crippen LogP contribution in [0.15, 0.2) is 60.9 Å². The van der Waals surface area contributed by atoms with Crippen LogP contribution in [0.1, 0.15) is 11.1 Å². The monoisotopic (exact) mass is 248 g/mol. The smallest absolute Gasteiger partial charge is 0.0675 e. The minimum Gasteiger partial charge on any atom is -0.240 e. The molecule has 0 aliphatic heterocycles. The first-order chi connectivity index (χ1) is 9.24. The van der Waals surface area contributed by atoms with Gasteiger partial charge in [0.1, 0.15) is 0 Å². The average molecular weight is 248 g/mol. The van der Waals surface area contributed by atoms with Gasteiger partial charge in [-0.25, -0.2) is 4.68 Å². The van der Waals surface area contributed by atoms with E-state index in [1.807, 2.05) is 29.1 Å². The molecule has 0 bridgehead atoms. The van der Waals surface area contributed by atoms with E-state index >= 15 is 0 Å². The summed E-state index contributed by atoms with van der Waals surface area (Å²) < 4.78 is 1.94. The number of nitrogens with zero attached hydrogens (tertiary/aromatic N) is 2. The Kier molecular flexibility index (Phi) is 2.92. The molecule has 0 saturated heterocycles. The Morgan fingerprint density at radius 3 is 2.42 bits per heavy atom. The topological polar surface area (TPSA) is 17.8 Å². The number of aromatic nitrogens is 2. The molecule has 3 aromatic rings. The van der Waals surface area contributed by atoms with Crippen LogP contribution >= 0.6 is 0 Å². The van der Waals surface area contributed by atoms with Gasteiger partial charge in [0.15, 0.2) is 0 Å². The van der Waals surface area contributed by atoms with E-state index in [0.29, 0.717) is 0 Å². The van der Waals surface area contributed by atoms with E-state index in [4.69, 9.17) is 0 Å². The number of rotatable bonds is 2. The first kappa shape index (κ1) is 11.7. The van der Waals surface area contributed by atoms with Gasteiger partial charge in [0.05, 0.1) is 11.9 Å². The lowest BCUT2D eigenvalue weighted by molar-refractivity contribution is 0.872. The summed E-state index contributed by atoms with van der Waals surface area (Å²) in [5.41, 5.74) is 5.98. The molecule has 0 atom stereocenters. The second-order valence-electron chi connectivity index (χ2n) is 4.83. The Hall–Kier alpha value is -2.35. The van der Waals surface area contributed by atoms with Gasteiger partial charge in [-0.05, 0) is 31.0 Å². The van der Waals surface area contributed by atoms with Crippen LogP contribution in [-0.2, 0) is 0 Å². The van der Waals surface area contributed by atoms with Crippen molar-refractivity contribution in [2.45, 2.75) is 13.8 Å². The fraction of sp³-hybridized carbons (Fsp3) is 0.118. The number of hydrogen-bond acceptors (Lipinski definition) is 1. The molecule has 2 nitrogen and oxygen atoms in total. The quantitative estimate of drug-likeness (QED) is 0.666. The fourth-order valence-corrected chi connectivity index (χ4v) is 2.30. The highest BCUT2D eigenvalue weighted by Gasteiger charge is 2.05. The largest absolute Gasteiger partial charge is 0.240 e. The normalized spacial score (nSPS) is 10.6. The van der Waals surface area contributed by atoms with Gasteiger partial charge >= 0.3 is 0 Å². The molecule has 0 unspecified atom stereocenters. The Bertz CT molecular complexity index is 696. The molecule has 0 N–H and O–H groups in total. The summed E-state index contributed by atoms with van der Waals surface area (Å²) >= 11 is 0. The van der Waals surface area contributed by atoms with Crippen molar-refractivity contribution in [3.05, 3.63) is 72.1 Å². The van der Waals surface area contributed by atoms with E-state index in [1.165, 1.54) is 16.7 Å². The van der Waals surface area contributed by atoms with Crippen LogP contribution in [0.25, 0.3) is 16.8 Å². The van der Waals surface area contributed by atoms with Crippen molar-refractivity contribution in [3.63, 3.8) is 0 Å². The molecule has 3 rings (SSSR count). The Morgan fingerprint density at radius 1 is 0.895 bits per heavy atom. The first-order valence-corrected chi connectivity index (χ1v) is 6.42. The molecule has 0 spiro atoms. The predicted molar refractivity (Wildman–Crippen MR) is 78.5 cm³/mol. The molecule has 0 aliphatic carbocycles. The van der Waals surface area contributed by atoms with Crippen LogP contribution in [0.2, 0.25) is 0 Å². The molecule has 2 aromatic carbocycles. The standard InChI is InChI=1S/C17H16N2/c1-13-8-9-17(14(2)10-13)19-12-16(11-18-19)15-6-4-3-5-7-15/h3-12H,1-2H3. The molecule has 1 aromatic heterocycles. The first-order valence-electron chi connectivity index (χ1n) is 6.42. The van der Waals surface area contributed by atoms with E-state index < -0.39 is 0 Å². The summed E-state index contributed by atoms with van der Waals surface area (Å²) in [6, 6.07) is 16.7. The zero-order valence-corrected chi connectivity index (χ0v) is 11.2. The van der Waals surface area contributed by atoms with Crippen molar-refractivity contribution in [3.8, 4) is 16.8 Å². The van der Waals surface area contributed by atoms with Gasteiger partial charge in [0, 0.05) is 11.8 Å². The van der Waals surface area contributed by atoms with Gasteiger partial charge in [0.2, 0.25) is 0 Å². The van der Waals surface area contributed by atoms with Crippen LogP contribution < -0.4 is 0 Å². The second-order valence-corrected chi connectivity index (χ2v) is 4.83. The number of aryl methyl sites for hydroxylation is 2. The Labute approximate surface area is 113 Å². The summed E-state index contributed by atoms with van der Waals surface area (Å²) in [4.78, 5) is 0. The highest BCUT2D eigenvalue weighted by Crippen LogP contribution is 2.21. The highest BCUT2D eigenvalue weighted by atomic mass is 15.3. The molecule has 2 heteroatoms. The maximum absolute atomic E-state index is 4.47. The van der Waals surface area contributed by atoms with Gasteiger partial charge in [0.25, 0.3) is 0 Å². The van der Waals surface area contributed by atoms with Gasteiger partial charge in [-0.3, -0.25) is 0 Å². The third kappa shape index (κ3) is 2.29. The van der Waals surface area contributed by atoms with Gasteiger partial charge < -0.3 is 0 Å². The summed E-state index contributed by atoms with van der Waals surface area (Å²) in [6.07, 6.45) is 3.99. The third-order valence-electron chi connectivity index (χ3n) is 3.29. The maximum atomic E-state index is 4.47. The van der Waals surface area contributed by atoms with Crippen molar-refractivity contribution < 1.29 is 0 Å². The van der Waals surface area contributed by atoms with Gasteiger partial charge in [-0.2, -0.15) is 5.10 Å². The van der Waals surface area contributed by atoms with E-state index in [0.717, 1.165) is 11.3 Å². The number of hydrogen-bond donors (Lipinski definition) is 0.